The normalized spacial score (nSPS) is 15.6. The van der Waals surface area contributed by atoms with Crippen LogP contribution in [0.2, 0.25) is 0 Å². The van der Waals surface area contributed by atoms with E-state index in [2.05, 4.69) is 74.5 Å². The van der Waals surface area contributed by atoms with Crippen LogP contribution in [-0.4, -0.2) is 10.2 Å². The molecule has 0 heterocycles. The second-order valence-electron chi connectivity index (χ2n) is 9.79. The molecule has 0 atom stereocenters. The summed E-state index contributed by atoms with van der Waals surface area (Å²) in [5, 5.41) is 22.2. The molecule has 33 heavy (non-hydrogen) atoms. The maximum Gasteiger partial charge on any atom is 0.119 e. The van der Waals surface area contributed by atoms with Crippen molar-refractivity contribution in [2.45, 2.75) is 44.9 Å². The zero-order valence-corrected chi connectivity index (χ0v) is 19.2. The van der Waals surface area contributed by atoms with Crippen LogP contribution in [0.25, 0.3) is 22.3 Å². The molecule has 2 nitrogen and oxygen atoms in total. The van der Waals surface area contributed by atoms with E-state index in [0.29, 0.717) is 11.5 Å². The molecule has 0 fully saturated rings. The molecule has 0 radical (unpaired) electrons. The predicted octanol–water partition coefficient (Wildman–Crippen LogP) is 7.23. The van der Waals surface area contributed by atoms with Crippen molar-refractivity contribution in [1.29, 1.82) is 0 Å². The number of benzene rings is 4. The summed E-state index contributed by atoms with van der Waals surface area (Å²) in [6.45, 7) is 4.20. The van der Waals surface area contributed by atoms with Crippen molar-refractivity contribution >= 4 is 0 Å². The van der Waals surface area contributed by atoms with E-state index in [0.717, 1.165) is 36.8 Å². The third-order valence-corrected chi connectivity index (χ3v) is 7.87. The molecule has 0 aromatic heterocycles. The van der Waals surface area contributed by atoms with Crippen LogP contribution in [0.1, 0.15) is 46.2 Å². The maximum absolute atomic E-state index is 11.1. The molecule has 4 aromatic carbocycles. The molecule has 0 amide bonds. The molecule has 0 saturated heterocycles. The van der Waals surface area contributed by atoms with Crippen molar-refractivity contribution in [2.24, 2.45) is 0 Å². The van der Waals surface area contributed by atoms with E-state index in [9.17, 15) is 10.2 Å². The lowest BCUT2D eigenvalue weighted by atomic mass is 9.75. The Kier molecular flexibility index (Phi) is 4.42. The highest BCUT2D eigenvalue weighted by Crippen LogP contribution is 2.59. The Bertz CT molecular complexity index is 1270. The molecule has 0 unspecified atom stereocenters. The van der Waals surface area contributed by atoms with E-state index in [1.807, 2.05) is 12.1 Å². The molecule has 4 aromatic rings. The van der Waals surface area contributed by atoms with Gasteiger partial charge >= 0.3 is 0 Å². The van der Waals surface area contributed by atoms with Gasteiger partial charge in [0.05, 0.1) is 0 Å². The zero-order valence-electron chi connectivity index (χ0n) is 19.2. The molecular formula is C31H28O2. The minimum Gasteiger partial charge on any atom is -0.508 e. The molecular weight excluding hydrogens is 404 g/mol. The Balaban J connectivity index is 1.55. The third kappa shape index (κ3) is 2.94. The first-order chi connectivity index (χ1) is 16.0. The monoisotopic (exact) mass is 432 g/mol. The fourth-order valence-electron chi connectivity index (χ4n) is 6.29. The van der Waals surface area contributed by atoms with Crippen molar-refractivity contribution in [3.8, 4) is 33.8 Å². The van der Waals surface area contributed by atoms with Gasteiger partial charge in [0.15, 0.2) is 0 Å². The standard InChI is InChI=1S/C31H28O2/c1-19-3-7-21(8-4-19)23-11-13-27(32)29-25(23)15-17-31(29)18-16-26-24(12-14-28(33)30(26)31)22-9-5-20(2)6-10-22/h3-14,32-33H,15-18H2,1-2H3. The SMILES string of the molecule is Cc1ccc(-c2ccc(O)c3c2CCC32CCc3c(-c4ccc(C)cc4)ccc(O)c32)cc1. The van der Waals surface area contributed by atoms with Gasteiger partial charge < -0.3 is 10.2 Å². The summed E-state index contributed by atoms with van der Waals surface area (Å²) in [5.74, 6) is 0.706. The molecule has 6 rings (SSSR count). The van der Waals surface area contributed by atoms with E-state index < -0.39 is 0 Å². The number of phenols is 2. The largest absolute Gasteiger partial charge is 0.508 e. The quantitative estimate of drug-likeness (QED) is 0.351. The van der Waals surface area contributed by atoms with Gasteiger partial charge in [-0.25, -0.2) is 0 Å². The lowest BCUT2D eigenvalue weighted by Gasteiger charge is -2.28. The van der Waals surface area contributed by atoms with Crippen LogP contribution in [0.4, 0.5) is 0 Å². The molecule has 2 N–H and O–H groups in total. The van der Waals surface area contributed by atoms with Crippen molar-refractivity contribution < 1.29 is 10.2 Å². The third-order valence-electron chi connectivity index (χ3n) is 7.87. The van der Waals surface area contributed by atoms with Crippen LogP contribution in [0.3, 0.4) is 0 Å². The van der Waals surface area contributed by atoms with E-state index >= 15 is 0 Å². The molecule has 0 saturated carbocycles. The minimum absolute atomic E-state index is 0.333. The highest BCUT2D eigenvalue weighted by molar-refractivity contribution is 5.78. The van der Waals surface area contributed by atoms with Gasteiger partial charge in [-0.05, 0) is 85.0 Å². The minimum atomic E-state index is -0.333. The summed E-state index contributed by atoms with van der Waals surface area (Å²) in [6, 6.07) is 25.0. The summed E-state index contributed by atoms with van der Waals surface area (Å²) in [4.78, 5) is 0. The highest BCUT2D eigenvalue weighted by atomic mass is 16.3. The lowest BCUT2D eigenvalue weighted by molar-refractivity contribution is 0.416. The number of phenolic OH excluding ortho intramolecular Hbond substituents is 2. The number of hydrogen-bond acceptors (Lipinski definition) is 2. The average Bonchev–Trinajstić information content (AvgIpc) is 3.40. The van der Waals surface area contributed by atoms with Crippen molar-refractivity contribution in [2.75, 3.05) is 0 Å². The van der Waals surface area contributed by atoms with E-state index in [-0.39, 0.29) is 5.41 Å². The Morgan fingerprint density at radius 1 is 0.545 bits per heavy atom. The summed E-state index contributed by atoms with van der Waals surface area (Å²) in [7, 11) is 0. The van der Waals surface area contributed by atoms with Gasteiger partial charge in [-0.1, -0.05) is 71.8 Å². The Hall–Kier alpha value is -3.52. The Morgan fingerprint density at radius 2 is 0.939 bits per heavy atom. The number of rotatable bonds is 2. The smallest absolute Gasteiger partial charge is 0.119 e. The Labute approximate surface area is 195 Å². The molecule has 2 aliphatic carbocycles. The van der Waals surface area contributed by atoms with E-state index in [4.69, 9.17) is 0 Å². The van der Waals surface area contributed by atoms with Gasteiger partial charge in [0.2, 0.25) is 0 Å². The first-order valence-electron chi connectivity index (χ1n) is 11.8. The van der Waals surface area contributed by atoms with Crippen LogP contribution < -0.4 is 0 Å². The number of aromatic hydroxyl groups is 2. The first-order valence-corrected chi connectivity index (χ1v) is 11.8. The van der Waals surface area contributed by atoms with Gasteiger partial charge in [0.1, 0.15) is 11.5 Å². The molecule has 1 spiro atoms. The summed E-state index contributed by atoms with van der Waals surface area (Å²) in [5.41, 5.74) is 11.4. The van der Waals surface area contributed by atoms with Gasteiger partial charge in [-0.15, -0.1) is 0 Å². The van der Waals surface area contributed by atoms with Gasteiger partial charge in [-0.3, -0.25) is 0 Å². The van der Waals surface area contributed by atoms with Crippen molar-refractivity contribution in [3.05, 3.63) is 106 Å². The second-order valence-corrected chi connectivity index (χ2v) is 9.79. The number of hydrogen-bond donors (Lipinski definition) is 2. The number of aryl methyl sites for hydroxylation is 2. The summed E-state index contributed by atoms with van der Waals surface area (Å²) < 4.78 is 0. The maximum atomic E-state index is 11.1. The van der Waals surface area contributed by atoms with Gasteiger partial charge in [0, 0.05) is 16.5 Å². The van der Waals surface area contributed by atoms with Crippen LogP contribution in [0.5, 0.6) is 11.5 Å². The molecule has 164 valence electrons. The van der Waals surface area contributed by atoms with Gasteiger partial charge in [0.25, 0.3) is 0 Å². The average molecular weight is 433 g/mol. The summed E-state index contributed by atoms with van der Waals surface area (Å²) in [6.07, 6.45) is 3.63. The lowest BCUT2D eigenvalue weighted by Crippen LogP contribution is -2.21. The van der Waals surface area contributed by atoms with Crippen LogP contribution >= 0.6 is 0 Å². The van der Waals surface area contributed by atoms with Crippen molar-refractivity contribution in [3.63, 3.8) is 0 Å². The Morgan fingerprint density at radius 3 is 1.33 bits per heavy atom. The topological polar surface area (TPSA) is 40.5 Å². The van der Waals surface area contributed by atoms with Crippen LogP contribution in [0, 0.1) is 13.8 Å². The number of fused-ring (bicyclic) bond motifs is 4. The fraction of sp³-hybridized carbons (Fsp3) is 0.226. The van der Waals surface area contributed by atoms with Gasteiger partial charge in [-0.2, -0.15) is 0 Å². The molecule has 0 aliphatic heterocycles. The van der Waals surface area contributed by atoms with E-state index in [1.54, 1.807) is 0 Å². The van der Waals surface area contributed by atoms with Crippen molar-refractivity contribution in [1.82, 2.24) is 0 Å². The molecule has 0 bridgehead atoms. The van der Waals surface area contributed by atoms with E-state index in [1.165, 1.54) is 44.5 Å². The van der Waals surface area contributed by atoms with Crippen LogP contribution in [0.15, 0.2) is 72.8 Å². The molecule has 2 aliphatic rings. The second kappa shape index (κ2) is 7.25. The predicted molar refractivity (Wildman–Crippen MR) is 134 cm³/mol. The van der Waals surface area contributed by atoms with Crippen LogP contribution in [-0.2, 0) is 18.3 Å². The summed E-state index contributed by atoms with van der Waals surface area (Å²) >= 11 is 0. The fourth-order valence-corrected chi connectivity index (χ4v) is 6.29. The molecule has 2 heteroatoms. The highest BCUT2D eigenvalue weighted by Gasteiger charge is 2.49. The zero-order chi connectivity index (χ0) is 22.7. The first kappa shape index (κ1) is 20.1.